The first kappa shape index (κ1) is 14.3. The third-order valence-corrected chi connectivity index (χ3v) is 4.15. The van der Waals surface area contributed by atoms with Crippen molar-refractivity contribution >= 4 is 16.9 Å². The third kappa shape index (κ3) is 2.36. The molecule has 1 N–H and O–H groups in total. The van der Waals surface area contributed by atoms with E-state index >= 15 is 0 Å². The minimum atomic E-state index is -0.928. The van der Waals surface area contributed by atoms with Gasteiger partial charge in [0.05, 0.1) is 16.9 Å². The van der Waals surface area contributed by atoms with Crippen molar-refractivity contribution in [3.8, 4) is 16.9 Å². The van der Waals surface area contributed by atoms with Gasteiger partial charge in [-0.15, -0.1) is 0 Å². The number of carbonyl (C=O) groups is 1. The summed E-state index contributed by atoms with van der Waals surface area (Å²) in [5.41, 5.74) is 4.13. The number of benzene rings is 2. The largest absolute Gasteiger partial charge is 0.478 e. The summed E-state index contributed by atoms with van der Waals surface area (Å²) in [6, 6.07) is 16.9. The Hall–Kier alpha value is -3.34. The third-order valence-electron chi connectivity index (χ3n) is 4.15. The van der Waals surface area contributed by atoms with E-state index in [1.165, 1.54) is 5.52 Å². The first-order valence-corrected chi connectivity index (χ1v) is 7.57. The second-order valence-electron chi connectivity index (χ2n) is 5.70. The molecule has 2 aromatic carbocycles. The molecule has 0 aliphatic carbocycles. The Balaban J connectivity index is 1.69. The number of nitrogens with zero attached hydrogens (tertiary/aromatic N) is 3. The van der Waals surface area contributed by atoms with Crippen molar-refractivity contribution in [1.29, 1.82) is 0 Å². The van der Waals surface area contributed by atoms with Crippen LogP contribution >= 0.6 is 0 Å². The summed E-state index contributed by atoms with van der Waals surface area (Å²) in [6.07, 6.45) is 3.94. The van der Waals surface area contributed by atoms with Crippen LogP contribution < -0.4 is 0 Å². The SMILES string of the molecule is Cn1ccc2cc(-n3ccc(-c4ccc(C(=O)O)cc4)n3)ccc21. The molecule has 24 heavy (non-hydrogen) atoms. The van der Waals surface area contributed by atoms with E-state index in [0.717, 1.165) is 22.3 Å². The van der Waals surface area contributed by atoms with Crippen molar-refractivity contribution in [2.75, 3.05) is 0 Å². The molecular formula is C19H15N3O2. The molecule has 0 amide bonds. The number of hydrogen-bond acceptors (Lipinski definition) is 2. The van der Waals surface area contributed by atoms with Gasteiger partial charge in [-0.3, -0.25) is 0 Å². The average Bonchev–Trinajstić information content (AvgIpc) is 3.22. The summed E-state index contributed by atoms with van der Waals surface area (Å²) in [5.74, 6) is -0.928. The van der Waals surface area contributed by atoms with E-state index in [-0.39, 0.29) is 5.56 Å². The fraction of sp³-hybridized carbons (Fsp3) is 0.0526. The number of aromatic carboxylic acids is 1. The van der Waals surface area contributed by atoms with E-state index < -0.39 is 5.97 Å². The highest BCUT2D eigenvalue weighted by atomic mass is 16.4. The van der Waals surface area contributed by atoms with Crippen molar-refractivity contribution in [3.05, 3.63) is 72.6 Å². The molecule has 4 rings (SSSR count). The molecule has 2 heterocycles. The van der Waals surface area contributed by atoms with Crippen LogP contribution in [0.2, 0.25) is 0 Å². The highest BCUT2D eigenvalue weighted by Crippen LogP contribution is 2.22. The second kappa shape index (κ2) is 5.38. The smallest absolute Gasteiger partial charge is 0.335 e. The van der Waals surface area contributed by atoms with Crippen LogP contribution in [0.15, 0.2) is 67.0 Å². The Morgan fingerprint density at radius 2 is 1.79 bits per heavy atom. The van der Waals surface area contributed by atoms with E-state index in [1.807, 2.05) is 36.3 Å². The predicted molar refractivity (Wildman–Crippen MR) is 92.4 cm³/mol. The van der Waals surface area contributed by atoms with Crippen molar-refractivity contribution in [3.63, 3.8) is 0 Å². The van der Waals surface area contributed by atoms with E-state index in [1.54, 1.807) is 24.3 Å². The first-order valence-electron chi connectivity index (χ1n) is 7.57. The monoisotopic (exact) mass is 317 g/mol. The average molecular weight is 317 g/mol. The maximum Gasteiger partial charge on any atom is 0.335 e. The van der Waals surface area contributed by atoms with Gasteiger partial charge >= 0.3 is 5.97 Å². The molecule has 0 aliphatic rings. The number of fused-ring (bicyclic) bond motifs is 1. The van der Waals surface area contributed by atoms with Crippen LogP contribution in [0, 0.1) is 0 Å². The normalized spacial score (nSPS) is 11.0. The molecular weight excluding hydrogens is 302 g/mol. The van der Waals surface area contributed by atoms with Crippen LogP contribution in [-0.2, 0) is 7.05 Å². The number of aromatic nitrogens is 3. The Bertz CT molecular complexity index is 1040. The summed E-state index contributed by atoms with van der Waals surface area (Å²) in [7, 11) is 2.02. The Morgan fingerprint density at radius 3 is 2.54 bits per heavy atom. The Labute approximate surface area is 138 Å². The molecule has 5 heteroatoms. The number of carboxylic acid groups (broad SMARTS) is 1. The van der Waals surface area contributed by atoms with Crippen LogP contribution in [0.5, 0.6) is 0 Å². The summed E-state index contributed by atoms with van der Waals surface area (Å²) in [6.45, 7) is 0. The van der Waals surface area contributed by atoms with E-state index in [0.29, 0.717) is 0 Å². The quantitative estimate of drug-likeness (QED) is 0.626. The van der Waals surface area contributed by atoms with Crippen molar-refractivity contribution < 1.29 is 9.90 Å². The molecule has 4 aromatic rings. The number of aryl methyl sites for hydroxylation is 1. The van der Waals surface area contributed by atoms with Gasteiger partial charge in [0.2, 0.25) is 0 Å². The molecule has 0 saturated heterocycles. The van der Waals surface area contributed by atoms with Gasteiger partial charge < -0.3 is 9.67 Å². The molecule has 0 spiro atoms. The van der Waals surface area contributed by atoms with Crippen LogP contribution in [-0.4, -0.2) is 25.4 Å². The minimum Gasteiger partial charge on any atom is -0.478 e. The molecule has 0 aliphatic heterocycles. The van der Waals surface area contributed by atoms with Gasteiger partial charge in [0.25, 0.3) is 0 Å². The van der Waals surface area contributed by atoms with E-state index in [4.69, 9.17) is 5.11 Å². The highest BCUT2D eigenvalue weighted by Gasteiger charge is 2.07. The van der Waals surface area contributed by atoms with Gasteiger partial charge in [-0.1, -0.05) is 12.1 Å². The van der Waals surface area contributed by atoms with Gasteiger partial charge in [0, 0.05) is 35.9 Å². The molecule has 118 valence electrons. The standard InChI is InChI=1S/C19H15N3O2/c1-21-10-8-15-12-16(6-7-18(15)21)22-11-9-17(20-22)13-2-4-14(5-3-13)19(23)24/h2-12H,1H3,(H,23,24). The van der Waals surface area contributed by atoms with Crippen molar-refractivity contribution in [1.82, 2.24) is 14.3 Å². The lowest BCUT2D eigenvalue weighted by Crippen LogP contribution is -1.96. The number of rotatable bonds is 3. The molecule has 0 fully saturated rings. The Kier molecular flexibility index (Phi) is 3.20. The maximum atomic E-state index is 10.9. The lowest BCUT2D eigenvalue weighted by Gasteiger charge is -2.03. The zero-order valence-corrected chi connectivity index (χ0v) is 13.0. The predicted octanol–water partition coefficient (Wildman–Crippen LogP) is 3.73. The second-order valence-corrected chi connectivity index (χ2v) is 5.70. The van der Waals surface area contributed by atoms with Crippen LogP contribution in [0.25, 0.3) is 27.8 Å². The van der Waals surface area contributed by atoms with Gasteiger partial charge in [0.15, 0.2) is 0 Å². The van der Waals surface area contributed by atoms with E-state index in [9.17, 15) is 4.79 Å². The summed E-state index contributed by atoms with van der Waals surface area (Å²) >= 11 is 0. The Morgan fingerprint density at radius 1 is 1.00 bits per heavy atom. The molecule has 5 nitrogen and oxygen atoms in total. The highest BCUT2D eigenvalue weighted by molar-refractivity contribution is 5.88. The molecule has 0 radical (unpaired) electrons. The van der Waals surface area contributed by atoms with Crippen LogP contribution in [0.3, 0.4) is 0 Å². The summed E-state index contributed by atoms with van der Waals surface area (Å²) in [4.78, 5) is 10.9. The first-order chi connectivity index (χ1) is 11.6. The summed E-state index contributed by atoms with van der Waals surface area (Å²) < 4.78 is 3.91. The van der Waals surface area contributed by atoms with Crippen molar-refractivity contribution in [2.24, 2.45) is 7.05 Å². The van der Waals surface area contributed by atoms with Gasteiger partial charge in [0.1, 0.15) is 0 Å². The zero-order chi connectivity index (χ0) is 16.7. The minimum absolute atomic E-state index is 0.271. The number of hydrogen-bond donors (Lipinski definition) is 1. The maximum absolute atomic E-state index is 10.9. The van der Waals surface area contributed by atoms with Gasteiger partial charge in [-0.2, -0.15) is 5.10 Å². The molecule has 0 atom stereocenters. The molecule has 0 saturated carbocycles. The molecule has 2 aromatic heterocycles. The van der Waals surface area contributed by atoms with E-state index in [2.05, 4.69) is 27.9 Å². The van der Waals surface area contributed by atoms with Crippen LogP contribution in [0.4, 0.5) is 0 Å². The lowest BCUT2D eigenvalue weighted by molar-refractivity contribution is 0.0697. The van der Waals surface area contributed by atoms with Crippen LogP contribution in [0.1, 0.15) is 10.4 Å². The molecule has 0 bridgehead atoms. The number of carboxylic acids is 1. The van der Waals surface area contributed by atoms with Gasteiger partial charge in [-0.05, 0) is 42.5 Å². The summed E-state index contributed by atoms with van der Waals surface area (Å²) in [5, 5.41) is 14.7. The topological polar surface area (TPSA) is 60.0 Å². The zero-order valence-electron chi connectivity index (χ0n) is 13.0. The van der Waals surface area contributed by atoms with Crippen molar-refractivity contribution in [2.45, 2.75) is 0 Å². The molecule has 0 unspecified atom stereocenters. The lowest BCUT2D eigenvalue weighted by atomic mass is 10.1. The fourth-order valence-corrected chi connectivity index (χ4v) is 2.82. The fourth-order valence-electron chi connectivity index (χ4n) is 2.82. The van der Waals surface area contributed by atoms with Gasteiger partial charge in [-0.25, -0.2) is 9.48 Å².